The quantitative estimate of drug-likeness (QED) is 0.166. The molecule has 4 aromatic rings. The third-order valence-corrected chi connectivity index (χ3v) is 6.65. The van der Waals surface area contributed by atoms with E-state index in [1.54, 1.807) is 12.1 Å². The minimum Gasteiger partial charge on any atom is -0.491 e. The number of carbonyl (C=O) groups is 2. The van der Waals surface area contributed by atoms with Crippen molar-refractivity contribution in [3.05, 3.63) is 102 Å². The van der Waals surface area contributed by atoms with Crippen molar-refractivity contribution in [2.45, 2.75) is 59.4 Å². The van der Waals surface area contributed by atoms with Crippen LogP contribution in [-0.2, 0) is 4.79 Å². The van der Waals surface area contributed by atoms with Crippen LogP contribution >= 0.6 is 0 Å². The maximum Gasteiger partial charge on any atom is 0.305 e. The van der Waals surface area contributed by atoms with Crippen LogP contribution in [0.3, 0.4) is 0 Å². The van der Waals surface area contributed by atoms with Crippen LogP contribution < -0.4 is 19.5 Å². The topological polar surface area (TPSA) is 94.1 Å². The van der Waals surface area contributed by atoms with Crippen LogP contribution in [0.15, 0.2) is 91.0 Å². The molecule has 0 aliphatic rings. The Morgan fingerprint density at radius 2 is 1.21 bits per heavy atom. The smallest absolute Gasteiger partial charge is 0.305 e. The predicted molar refractivity (Wildman–Crippen MR) is 169 cm³/mol. The fourth-order valence-corrected chi connectivity index (χ4v) is 4.57. The molecule has 0 bridgehead atoms. The minimum atomic E-state index is -0.956. The monoisotopic (exact) mass is 581 g/mol. The first kappa shape index (κ1) is 31.2. The molecule has 7 nitrogen and oxygen atoms in total. The van der Waals surface area contributed by atoms with E-state index in [9.17, 15) is 9.59 Å². The molecule has 0 saturated heterocycles. The van der Waals surface area contributed by atoms with Gasteiger partial charge < -0.3 is 24.6 Å². The van der Waals surface area contributed by atoms with E-state index in [0.717, 1.165) is 45.1 Å². The Hall–Kier alpha value is -4.78. The predicted octanol–water partition coefficient (Wildman–Crippen LogP) is 7.94. The third-order valence-electron chi connectivity index (χ3n) is 6.65. The van der Waals surface area contributed by atoms with E-state index in [1.165, 1.54) is 0 Å². The number of carbonyl (C=O) groups excluding carboxylic acids is 1. The summed E-state index contributed by atoms with van der Waals surface area (Å²) in [6, 6.07) is 29.3. The molecular formula is C36H39NO6. The van der Waals surface area contributed by atoms with Crippen LogP contribution in [0.5, 0.6) is 17.2 Å². The maximum atomic E-state index is 12.4. The number of carboxylic acids is 1. The molecule has 0 spiro atoms. The highest BCUT2D eigenvalue weighted by molar-refractivity contribution is 5.94. The second kappa shape index (κ2) is 14.4. The van der Waals surface area contributed by atoms with Crippen molar-refractivity contribution >= 4 is 11.9 Å². The number of aliphatic carboxylic acids is 1. The molecule has 0 aliphatic heterocycles. The molecule has 7 heteroatoms. The molecule has 4 aromatic carbocycles. The van der Waals surface area contributed by atoms with Crippen molar-refractivity contribution in [1.29, 1.82) is 0 Å². The Bertz CT molecular complexity index is 1510. The summed E-state index contributed by atoms with van der Waals surface area (Å²) in [6.45, 7) is 10.1. The summed E-state index contributed by atoms with van der Waals surface area (Å²) < 4.78 is 18.2. The second-order valence-corrected chi connectivity index (χ2v) is 10.9. The molecule has 1 unspecified atom stereocenters. The molecule has 0 heterocycles. The van der Waals surface area contributed by atoms with Crippen LogP contribution in [0.1, 0.15) is 63.1 Å². The lowest BCUT2D eigenvalue weighted by Crippen LogP contribution is -2.25. The number of benzene rings is 4. The lowest BCUT2D eigenvalue weighted by Gasteiger charge is -2.20. The lowest BCUT2D eigenvalue weighted by molar-refractivity contribution is -0.136. The highest BCUT2D eigenvalue weighted by Gasteiger charge is 2.15. The van der Waals surface area contributed by atoms with Gasteiger partial charge in [-0.15, -0.1) is 0 Å². The van der Waals surface area contributed by atoms with Crippen LogP contribution in [0.25, 0.3) is 22.3 Å². The van der Waals surface area contributed by atoms with Crippen LogP contribution in [-0.4, -0.2) is 35.7 Å². The summed E-state index contributed by atoms with van der Waals surface area (Å²) in [5.41, 5.74) is 5.35. The molecule has 4 rings (SSSR count). The zero-order valence-electron chi connectivity index (χ0n) is 25.3. The lowest BCUT2D eigenvalue weighted by atomic mass is 9.98. The summed E-state index contributed by atoms with van der Waals surface area (Å²) in [5.74, 6) is 1.08. The number of nitrogens with one attached hydrogen (secondary N) is 1. The number of ether oxygens (including phenoxy) is 3. The molecule has 0 fully saturated rings. The van der Waals surface area contributed by atoms with Gasteiger partial charge in [0.15, 0.2) is 0 Å². The van der Waals surface area contributed by atoms with E-state index < -0.39 is 5.97 Å². The van der Waals surface area contributed by atoms with Crippen LogP contribution in [0.2, 0.25) is 0 Å². The first-order valence-corrected chi connectivity index (χ1v) is 14.5. The molecule has 1 amide bonds. The Labute approximate surface area is 253 Å². The summed E-state index contributed by atoms with van der Waals surface area (Å²) in [7, 11) is 0. The van der Waals surface area contributed by atoms with Crippen LogP contribution in [0, 0.1) is 0 Å². The van der Waals surface area contributed by atoms with Gasteiger partial charge in [0, 0.05) is 17.7 Å². The van der Waals surface area contributed by atoms with Crippen molar-refractivity contribution in [2.24, 2.45) is 0 Å². The molecule has 0 radical (unpaired) electrons. The number of hydrogen-bond acceptors (Lipinski definition) is 5. The Balaban J connectivity index is 1.60. The number of hydrogen-bond donors (Lipinski definition) is 2. The molecule has 43 heavy (non-hydrogen) atoms. The number of amides is 1. The van der Waals surface area contributed by atoms with Crippen molar-refractivity contribution in [2.75, 3.05) is 6.54 Å². The number of carboxylic acid groups (broad SMARTS) is 1. The maximum absolute atomic E-state index is 12.4. The standard InChI is InChI=1S/C36H39NO6/c1-23(2)41-31-15-10-27(11-16-31)30-14-19-33(28-12-17-32(18-13-28)42-24(3)4)34(22-30)43-25(5)26-6-8-29(9-7-26)36(40)37-21-20-35(38)39/h6-19,22-25H,20-21H2,1-5H3,(H,37,40)(H,38,39). The van der Waals surface area contributed by atoms with Gasteiger partial charge in [-0.1, -0.05) is 48.5 Å². The normalized spacial score (nSPS) is 11.7. The zero-order chi connectivity index (χ0) is 30.9. The zero-order valence-corrected chi connectivity index (χ0v) is 25.3. The van der Waals surface area contributed by atoms with Gasteiger partial charge in [-0.2, -0.15) is 0 Å². The second-order valence-electron chi connectivity index (χ2n) is 10.9. The largest absolute Gasteiger partial charge is 0.491 e. The molecular weight excluding hydrogens is 542 g/mol. The summed E-state index contributed by atoms with van der Waals surface area (Å²) in [6.07, 6.45) is -0.253. The summed E-state index contributed by atoms with van der Waals surface area (Å²) >= 11 is 0. The summed E-state index contributed by atoms with van der Waals surface area (Å²) in [5, 5.41) is 11.4. The van der Waals surface area contributed by atoms with E-state index >= 15 is 0 Å². The Kier molecular flexibility index (Phi) is 10.4. The Morgan fingerprint density at radius 3 is 1.74 bits per heavy atom. The van der Waals surface area contributed by atoms with E-state index in [2.05, 4.69) is 17.4 Å². The minimum absolute atomic E-state index is 0.0760. The molecule has 2 N–H and O–H groups in total. The third kappa shape index (κ3) is 8.85. The molecule has 0 saturated carbocycles. The highest BCUT2D eigenvalue weighted by atomic mass is 16.5. The average Bonchev–Trinajstić information content (AvgIpc) is 2.97. The summed E-state index contributed by atoms with van der Waals surface area (Å²) in [4.78, 5) is 23.1. The van der Waals surface area contributed by atoms with E-state index in [0.29, 0.717) is 5.56 Å². The van der Waals surface area contributed by atoms with Gasteiger partial charge in [-0.3, -0.25) is 9.59 Å². The van der Waals surface area contributed by atoms with Gasteiger partial charge >= 0.3 is 5.97 Å². The van der Waals surface area contributed by atoms with Gasteiger partial charge in [0.25, 0.3) is 5.91 Å². The van der Waals surface area contributed by atoms with Crippen molar-refractivity contribution in [3.63, 3.8) is 0 Å². The van der Waals surface area contributed by atoms with Crippen molar-refractivity contribution in [1.82, 2.24) is 5.32 Å². The fourth-order valence-electron chi connectivity index (χ4n) is 4.57. The van der Waals surface area contributed by atoms with Gasteiger partial charge in [0.05, 0.1) is 18.6 Å². The molecule has 224 valence electrons. The van der Waals surface area contributed by atoms with Gasteiger partial charge in [-0.05, 0) is 99.3 Å². The number of rotatable bonds is 13. The van der Waals surface area contributed by atoms with Gasteiger partial charge in [0.1, 0.15) is 23.4 Å². The first-order valence-electron chi connectivity index (χ1n) is 14.5. The van der Waals surface area contributed by atoms with E-state index in [4.69, 9.17) is 19.3 Å². The van der Waals surface area contributed by atoms with Gasteiger partial charge in [0.2, 0.25) is 0 Å². The molecule has 1 atom stereocenters. The van der Waals surface area contributed by atoms with Gasteiger partial charge in [-0.25, -0.2) is 0 Å². The molecule has 0 aliphatic carbocycles. The van der Waals surface area contributed by atoms with Crippen LogP contribution in [0.4, 0.5) is 0 Å². The first-order chi connectivity index (χ1) is 20.6. The van der Waals surface area contributed by atoms with Crippen molar-refractivity contribution < 1.29 is 28.9 Å². The van der Waals surface area contributed by atoms with E-state index in [-0.39, 0.29) is 37.2 Å². The average molecular weight is 582 g/mol. The Morgan fingerprint density at radius 1 is 0.674 bits per heavy atom. The van der Waals surface area contributed by atoms with E-state index in [1.807, 2.05) is 101 Å². The fraction of sp³-hybridized carbons (Fsp3) is 0.278. The highest BCUT2D eigenvalue weighted by Crippen LogP contribution is 2.38. The SMILES string of the molecule is CC(C)Oc1ccc(-c2ccc(-c3ccc(OC(C)C)cc3)c(OC(C)c3ccc(C(=O)NCCC(=O)O)cc3)c2)cc1. The van der Waals surface area contributed by atoms with Crippen molar-refractivity contribution in [3.8, 4) is 39.5 Å². The molecule has 0 aromatic heterocycles.